The smallest absolute Gasteiger partial charge is 0.268 e. The highest BCUT2D eigenvalue weighted by atomic mass is 79.9. The van der Waals surface area contributed by atoms with Gasteiger partial charge in [-0.15, -0.1) is 11.8 Å². The molecular weight excluding hydrogens is 376 g/mol. The normalized spacial score (nSPS) is 16.6. The molecule has 1 unspecified atom stereocenters. The number of hydrogen-bond donors (Lipinski definition) is 1. The van der Waals surface area contributed by atoms with Gasteiger partial charge < -0.3 is 10.2 Å². The number of nitrogens with zero attached hydrogens (tertiary/aromatic N) is 1. The predicted molar refractivity (Wildman–Crippen MR) is 97.0 cm³/mol. The van der Waals surface area contributed by atoms with Crippen molar-refractivity contribution < 1.29 is 9.63 Å². The SMILES string of the molecule is CSc1ccccc1NC(=O)C1CC(c2cccc(Br)c2)=NO1. The van der Waals surface area contributed by atoms with E-state index in [1.807, 2.05) is 54.8 Å². The molecular formula is C17H15BrN2O2S. The van der Waals surface area contributed by atoms with Gasteiger partial charge >= 0.3 is 0 Å². The van der Waals surface area contributed by atoms with Gasteiger partial charge in [-0.1, -0.05) is 45.4 Å². The third kappa shape index (κ3) is 3.76. The molecule has 1 heterocycles. The van der Waals surface area contributed by atoms with E-state index in [1.165, 1.54) is 0 Å². The van der Waals surface area contributed by atoms with Crippen molar-refractivity contribution >= 4 is 45.0 Å². The van der Waals surface area contributed by atoms with E-state index in [0.29, 0.717) is 6.42 Å². The highest BCUT2D eigenvalue weighted by Gasteiger charge is 2.29. The Morgan fingerprint density at radius 1 is 1.30 bits per heavy atom. The fourth-order valence-electron chi connectivity index (χ4n) is 2.32. The van der Waals surface area contributed by atoms with Gasteiger partial charge in [0.15, 0.2) is 0 Å². The maximum atomic E-state index is 12.4. The van der Waals surface area contributed by atoms with E-state index >= 15 is 0 Å². The average Bonchev–Trinajstić information content (AvgIpc) is 3.05. The monoisotopic (exact) mass is 390 g/mol. The quantitative estimate of drug-likeness (QED) is 0.791. The number of benzene rings is 2. The Bertz CT molecular complexity index is 764. The van der Waals surface area contributed by atoms with E-state index in [4.69, 9.17) is 4.84 Å². The van der Waals surface area contributed by atoms with Crippen molar-refractivity contribution in [3.05, 3.63) is 58.6 Å². The van der Waals surface area contributed by atoms with E-state index in [2.05, 4.69) is 26.4 Å². The number of carbonyl (C=O) groups excluding carboxylic acids is 1. The van der Waals surface area contributed by atoms with Crippen LogP contribution in [0.3, 0.4) is 0 Å². The Morgan fingerprint density at radius 2 is 2.13 bits per heavy atom. The number of carbonyl (C=O) groups is 1. The lowest BCUT2D eigenvalue weighted by Gasteiger charge is -2.12. The van der Waals surface area contributed by atoms with Crippen LogP contribution in [0, 0.1) is 0 Å². The van der Waals surface area contributed by atoms with Gasteiger partial charge in [0.05, 0.1) is 11.4 Å². The van der Waals surface area contributed by atoms with Crippen LogP contribution < -0.4 is 5.32 Å². The summed E-state index contributed by atoms with van der Waals surface area (Å²) in [6.45, 7) is 0. The molecule has 1 aliphatic heterocycles. The van der Waals surface area contributed by atoms with E-state index in [0.717, 1.165) is 26.3 Å². The molecule has 1 aliphatic rings. The van der Waals surface area contributed by atoms with Crippen LogP contribution in [0.1, 0.15) is 12.0 Å². The van der Waals surface area contributed by atoms with Crippen LogP contribution in [0.2, 0.25) is 0 Å². The number of halogens is 1. The first-order valence-corrected chi connectivity index (χ1v) is 9.11. The fraction of sp³-hybridized carbons (Fsp3) is 0.176. The fourth-order valence-corrected chi connectivity index (χ4v) is 3.27. The Kier molecular flexibility index (Phi) is 5.03. The summed E-state index contributed by atoms with van der Waals surface area (Å²) in [4.78, 5) is 18.7. The minimum atomic E-state index is -0.598. The Hall–Kier alpha value is -1.79. The van der Waals surface area contributed by atoms with Gasteiger partial charge in [0.2, 0.25) is 6.10 Å². The van der Waals surface area contributed by atoms with Gasteiger partial charge in [-0.3, -0.25) is 4.79 Å². The van der Waals surface area contributed by atoms with Crippen molar-refractivity contribution in [2.75, 3.05) is 11.6 Å². The average molecular weight is 391 g/mol. The molecule has 0 bridgehead atoms. The van der Waals surface area contributed by atoms with Gasteiger partial charge in [-0.05, 0) is 30.5 Å². The summed E-state index contributed by atoms with van der Waals surface area (Å²) < 4.78 is 0.972. The Balaban J connectivity index is 1.67. The molecule has 23 heavy (non-hydrogen) atoms. The molecule has 1 N–H and O–H groups in total. The van der Waals surface area contributed by atoms with E-state index < -0.39 is 6.10 Å². The Labute approximate surface area is 147 Å². The standard InChI is InChI=1S/C17H15BrN2O2S/c1-23-16-8-3-2-7-13(16)19-17(21)15-10-14(20-22-15)11-5-4-6-12(18)9-11/h2-9,15H,10H2,1H3,(H,19,21). The number of rotatable bonds is 4. The number of amides is 1. The van der Waals surface area contributed by atoms with Crippen molar-refractivity contribution in [1.82, 2.24) is 0 Å². The zero-order valence-electron chi connectivity index (χ0n) is 12.5. The van der Waals surface area contributed by atoms with Gasteiger partial charge in [0.1, 0.15) is 0 Å². The summed E-state index contributed by atoms with van der Waals surface area (Å²) >= 11 is 5.03. The summed E-state index contributed by atoms with van der Waals surface area (Å²) in [6, 6.07) is 15.5. The molecule has 0 radical (unpaired) electrons. The maximum Gasteiger partial charge on any atom is 0.268 e. The largest absolute Gasteiger partial charge is 0.382 e. The van der Waals surface area contributed by atoms with Gasteiger partial charge in [-0.2, -0.15) is 0 Å². The van der Waals surface area contributed by atoms with E-state index in [-0.39, 0.29) is 5.91 Å². The lowest BCUT2D eigenvalue weighted by molar-refractivity contribution is -0.125. The first kappa shape index (κ1) is 16.1. The first-order valence-electron chi connectivity index (χ1n) is 7.10. The van der Waals surface area contributed by atoms with Crippen molar-refractivity contribution in [1.29, 1.82) is 0 Å². The highest BCUT2D eigenvalue weighted by Crippen LogP contribution is 2.26. The second-order valence-electron chi connectivity index (χ2n) is 5.04. The lowest BCUT2D eigenvalue weighted by Crippen LogP contribution is -2.28. The van der Waals surface area contributed by atoms with Crippen LogP contribution in [-0.2, 0) is 9.63 Å². The number of oxime groups is 1. The third-order valence-electron chi connectivity index (χ3n) is 3.48. The molecule has 1 atom stereocenters. The molecule has 4 nitrogen and oxygen atoms in total. The lowest BCUT2D eigenvalue weighted by atomic mass is 10.0. The van der Waals surface area contributed by atoms with E-state index in [9.17, 15) is 4.79 Å². The molecule has 1 amide bonds. The first-order chi connectivity index (χ1) is 11.2. The van der Waals surface area contributed by atoms with Crippen molar-refractivity contribution in [2.24, 2.45) is 5.16 Å². The molecule has 6 heteroatoms. The number of para-hydroxylation sites is 1. The summed E-state index contributed by atoms with van der Waals surface area (Å²) in [5, 5.41) is 6.98. The molecule has 3 rings (SSSR count). The van der Waals surface area contributed by atoms with Gasteiger partial charge in [0, 0.05) is 21.4 Å². The summed E-state index contributed by atoms with van der Waals surface area (Å²) in [7, 11) is 0. The summed E-state index contributed by atoms with van der Waals surface area (Å²) in [5.41, 5.74) is 2.54. The maximum absolute atomic E-state index is 12.4. The highest BCUT2D eigenvalue weighted by molar-refractivity contribution is 9.10. The number of thioether (sulfide) groups is 1. The van der Waals surface area contributed by atoms with Crippen molar-refractivity contribution in [3.63, 3.8) is 0 Å². The van der Waals surface area contributed by atoms with E-state index in [1.54, 1.807) is 11.8 Å². The molecule has 0 saturated carbocycles. The van der Waals surface area contributed by atoms with Crippen LogP contribution in [0.5, 0.6) is 0 Å². The molecule has 118 valence electrons. The molecule has 0 aromatic heterocycles. The molecule has 2 aromatic rings. The number of hydrogen-bond acceptors (Lipinski definition) is 4. The van der Waals surface area contributed by atoms with Crippen molar-refractivity contribution in [3.8, 4) is 0 Å². The molecule has 0 fully saturated rings. The second-order valence-corrected chi connectivity index (χ2v) is 6.80. The zero-order valence-corrected chi connectivity index (χ0v) is 14.9. The minimum Gasteiger partial charge on any atom is -0.382 e. The minimum absolute atomic E-state index is 0.180. The number of anilines is 1. The van der Waals surface area contributed by atoms with Crippen LogP contribution in [0.15, 0.2) is 63.1 Å². The topological polar surface area (TPSA) is 50.7 Å². The second kappa shape index (κ2) is 7.19. The predicted octanol–water partition coefficient (Wildman–Crippen LogP) is 4.30. The van der Waals surface area contributed by atoms with Crippen molar-refractivity contribution in [2.45, 2.75) is 17.4 Å². The van der Waals surface area contributed by atoms with Crippen LogP contribution in [0.25, 0.3) is 0 Å². The third-order valence-corrected chi connectivity index (χ3v) is 4.77. The molecule has 0 saturated heterocycles. The summed E-state index contributed by atoms with van der Waals surface area (Å²) in [5.74, 6) is -0.180. The molecule has 0 aliphatic carbocycles. The van der Waals surface area contributed by atoms with Crippen LogP contribution in [0.4, 0.5) is 5.69 Å². The van der Waals surface area contributed by atoms with Gasteiger partial charge in [-0.25, -0.2) is 0 Å². The van der Waals surface area contributed by atoms with Crippen LogP contribution in [-0.4, -0.2) is 24.0 Å². The molecule has 0 spiro atoms. The number of nitrogens with one attached hydrogen (secondary N) is 1. The summed E-state index contributed by atoms with van der Waals surface area (Å²) in [6.07, 6.45) is 1.84. The Morgan fingerprint density at radius 3 is 2.91 bits per heavy atom. The van der Waals surface area contributed by atoms with Gasteiger partial charge in [0.25, 0.3) is 5.91 Å². The van der Waals surface area contributed by atoms with Crippen LogP contribution >= 0.6 is 27.7 Å². The zero-order chi connectivity index (χ0) is 16.2. The molecule has 2 aromatic carbocycles.